The van der Waals surface area contributed by atoms with Gasteiger partial charge in [0.05, 0.1) is 12.7 Å². The number of nitrogens with zero attached hydrogens (tertiary/aromatic N) is 1. The van der Waals surface area contributed by atoms with Gasteiger partial charge in [-0.2, -0.15) is 0 Å². The molecule has 0 aliphatic heterocycles. The Bertz CT molecular complexity index is 638. The van der Waals surface area contributed by atoms with Gasteiger partial charge in [-0.05, 0) is 29.7 Å². The highest BCUT2D eigenvalue weighted by atomic mass is 19.1. The predicted molar refractivity (Wildman–Crippen MR) is 76.1 cm³/mol. The van der Waals surface area contributed by atoms with E-state index in [2.05, 4.69) is 23.6 Å². The maximum absolute atomic E-state index is 13.8. The third kappa shape index (κ3) is 3.56. The molecule has 0 atom stereocenters. The van der Waals surface area contributed by atoms with Crippen molar-refractivity contribution in [2.24, 2.45) is 0 Å². The average Bonchev–Trinajstić information content (AvgIpc) is 2.49. The topological polar surface area (TPSA) is 48.4 Å². The first-order chi connectivity index (χ1) is 10.0. The third-order valence-corrected chi connectivity index (χ3v) is 2.99. The Balaban J connectivity index is 2.18. The van der Waals surface area contributed by atoms with E-state index in [1.165, 1.54) is 13.3 Å². The number of carbonyl (C=O) groups excluding carboxylic acids is 1. The molecule has 0 unspecified atom stereocenters. The summed E-state index contributed by atoms with van der Waals surface area (Å²) in [5.74, 6) is -0.648. The summed E-state index contributed by atoms with van der Waals surface area (Å²) in [6.45, 7) is 4.17. The van der Waals surface area contributed by atoms with Crippen LogP contribution in [-0.4, -0.2) is 18.1 Å². The van der Waals surface area contributed by atoms with E-state index in [1.54, 1.807) is 12.1 Å². The van der Waals surface area contributed by atoms with Gasteiger partial charge in [0.2, 0.25) is 0 Å². The van der Waals surface area contributed by atoms with Gasteiger partial charge in [0.1, 0.15) is 5.75 Å². The second-order valence-corrected chi connectivity index (χ2v) is 4.83. The van der Waals surface area contributed by atoms with Gasteiger partial charge in [-0.3, -0.25) is 0 Å². The molecule has 4 nitrogen and oxygen atoms in total. The van der Waals surface area contributed by atoms with E-state index in [-0.39, 0.29) is 11.4 Å². The minimum atomic E-state index is -0.717. The summed E-state index contributed by atoms with van der Waals surface area (Å²) in [6, 6.07) is 8.38. The monoisotopic (exact) mass is 289 g/mol. The Hall–Kier alpha value is -2.43. The Morgan fingerprint density at radius 3 is 2.43 bits per heavy atom. The number of pyridine rings is 1. The summed E-state index contributed by atoms with van der Waals surface area (Å²) in [4.78, 5) is 15.1. The molecule has 2 rings (SSSR count). The quantitative estimate of drug-likeness (QED) is 0.800. The summed E-state index contributed by atoms with van der Waals surface area (Å²) >= 11 is 0. The molecule has 0 spiro atoms. The Kier molecular flexibility index (Phi) is 4.52. The highest BCUT2D eigenvalue weighted by Crippen LogP contribution is 2.25. The summed E-state index contributed by atoms with van der Waals surface area (Å²) in [5.41, 5.74) is 1.20. The molecule has 5 heteroatoms. The number of esters is 1. The van der Waals surface area contributed by atoms with Crippen LogP contribution in [0.15, 0.2) is 36.5 Å². The SMILES string of the molecule is COC(=O)c1cnc(Oc2ccc(C(C)C)cc2)c(F)c1. The van der Waals surface area contributed by atoms with Crippen LogP contribution in [0.3, 0.4) is 0 Å². The largest absolute Gasteiger partial charge is 0.465 e. The smallest absolute Gasteiger partial charge is 0.339 e. The molecule has 0 aliphatic carbocycles. The Morgan fingerprint density at radius 2 is 1.90 bits per heavy atom. The molecule has 0 fully saturated rings. The van der Waals surface area contributed by atoms with Gasteiger partial charge in [0.25, 0.3) is 5.88 Å². The zero-order valence-corrected chi connectivity index (χ0v) is 12.1. The van der Waals surface area contributed by atoms with Crippen LogP contribution in [-0.2, 0) is 4.74 Å². The minimum Gasteiger partial charge on any atom is -0.465 e. The van der Waals surface area contributed by atoms with Crippen molar-refractivity contribution in [3.63, 3.8) is 0 Å². The molecule has 0 aliphatic rings. The maximum Gasteiger partial charge on any atom is 0.339 e. The highest BCUT2D eigenvalue weighted by molar-refractivity contribution is 5.88. The molecule has 0 bridgehead atoms. The van der Waals surface area contributed by atoms with E-state index in [4.69, 9.17) is 4.74 Å². The number of rotatable bonds is 4. The molecule has 0 saturated heterocycles. The number of ether oxygens (including phenoxy) is 2. The third-order valence-electron chi connectivity index (χ3n) is 2.99. The molecule has 1 aromatic carbocycles. The van der Waals surface area contributed by atoms with Gasteiger partial charge in [-0.15, -0.1) is 0 Å². The van der Waals surface area contributed by atoms with E-state index in [9.17, 15) is 9.18 Å². The van der Waals surface area contributed by atoms with E-state index in [1.807, 2.05) is 12.1 Å². The van der Waals surface area contributed by atoms with Crippen LogP contribution in [0.5, 0.6) is 11.6 Å². The molecule has 0 N–H and O–H groups in total. The summed E-state index contributed by atoms with van der Waals surface area (Å²) in [5, 5.41) is 0. The van der Waals surface area contributed by atoms with Crippen molar-refractivity contribution in [2.45, 2.75) is 19.8 Å². The van der Waals surface area contributed by atoms with Crippen molar-refractivity contribution in [3.05, 3.63) is 53.5 Å². The maximum atomic E-state index is 13.8. The Morgan fingerprint density at radius 1 is 1.24 bits per heavy atom. The van der Waals surface area contributed by atoms with Gasteiger partial charge in [-0.1, -0.05) is 26.0 Å². The first kappa shape index (κ1) is 15.0. The van der Waals surface area contributed by atoms with Crippen molar-refractivity contribution >= 4 is 5.97 Å². The molecule has 1 heterocycles. The molecule has 0 radical (unpaired) electrons. The van der Waals surface area contributed by atoms with Crippen LogP contribution in [0.2, 0.25) is 0 Å². The molecule has 0 amide bonds. The fourth-order valence-corrected chi connectivity index (χ4v) is 1.76. The number of hydrogen-bond donors (Lipinski definition) is 0. The second kappa shape index (κ2) is 6.35. The van der Waals surface area contributed by atoms with Crippen LogP contribution >= 0.6 is 0 Å². The molecule has 110 valence electrons. The van der Waals surface area contributed by atoms with Gasteiger partial charge in [0, 0.05) is 6.20 Å². The number of aromatic nitrogens is 1. The zero-order chi connectivity index (χ0) is 15.4. The normalized spacial score (nSPS) is 10.5. The number of methoxy groups -OCH3 is 1. The summed E-state index contributed by atoms with van der Waals surface area (Å²) < 4.78 is 23.7. The van der Waals surface area contributed by atoms with Crippen LogP contribution in [0.25, 0.3) is 0 Å². The molecule has 1 aromatic heterocycles. The lowest BCUT2D eigenvalue weighted by Crippen LogP contribution is -2.03. The van der Waals surface area contributed by atoms with Gasteiger partial charge < -0.3 is 9.47 Å². The van der Waals surface area contributed by atoms with E-state index in [0.717, 1.165) is 11.6 Å². The fraction of sp³-hybridized carbons (Fsp3) is 0.250. The minimum absolute atomic E-state index is 0.0394. The van der Waals surface area contributed by atoms with E-state index < -0.39 is 11.8 Å². The lowest BCUT2D eigenvalue weighted by Gasteiger charge is -2.09. The standard InChI is InChI=1S/C16H16FNO3/c1-10(2)11-4-6-13(7-5-11)21-15-14(17)8-12(9-18-15)16(19)20-3/h4-10H,1-3H3. The lowest BCUT2D eigenvalue weighted by atomic mass is 10.0. The Labute approximate surface area is 122 Å². The van der Waals surface area contributed by atoms with Crippen molar-refractivity contribution in [3.8, 4) is 11.6 Å². The first-order valence-electron chi connectivity index (χ1n) is 6.53. The number of benzene rings is 1. The van der Waals surface area contributed by atoms with Crippen molar-refractivity contribution in [1.29, 1.82) is 0 Å². The number of carbonyl (C=O) groups is 1. The number of halogens is 1. The first-order valence-corrected chi connectivity index (χ1v) is 6.53. The zero-order valence-electron chi connectivity index (χ0n) is 12.1. The van der Waals surface area contributed by atoms with Crippen LogP contribution in [0.4, 0.5) is 4.39 Å². The van der Waals surface area contributed by atoms with Crippen LogP contribution in [0.1, 0.15) is 35.7 Å². The predicted octanol–water partition coefficient (Wildman–Crippen LogP) is 3.92. The summed E-state index contributed by atoms with van der Waals surface area (Å²) in [7, 11) is 1.22. The average molecular weight is 289 g/mol. The molecular formula is C16H16FNO3. The summed E-state index contributed by atoms with van der Waals surface area (Å²) in [6.07, 6.45) is 1.22. The molecule has 21 heavy (non-hydrogen) atoms. The van der Waals surface area contributed by atoms with E-state index >= 15 is 0 Å². The van der Waals surface area contributed by atoms with Crippen LogP contribution < -0.4 is 4.74 Å². The van der Waals surface area contributed by atoms with Gasteiger partial charge >= 0.3 is 5.97 Å². The molecular weight excluding hydrogens is 273 g/mol. The highest BCUT2D eigenvalue weighted by Gasteiger charge is 2.13. The second-order valence-electron chi connectivity index (χ2n) is 4.83. The van der Waals surface area contributed by atoms with Crippen LogP contribution in [0, 0.1) is 5.82 Å². The number of hydrogen-bond acceptors (Lipinski definition) is 4. The van der Waals surface area contributed by atoms with E-state index in [0.29, 0.717) is 11.7 Å². The van der Waals surface area contributed by atoms with Crippen molar-refractivity contribution < 1.29 is 18.7 Å². The van der Waals surface area contributed by atoms with Gasteiger partial charge in [-0.25, -0.2) is 14.2 Å². The van der Waals surface area contributed by atoms with Crippen molar-refractivity contribution in [2.75, 3.05) is 7.11 Å². The van der Waals surface area contributed by atoms with Crippen molar-refractivity contribution in [1.82, 2.24) is 4.98 Å². The lowest BCUT2D eigenvalue weighted by molar-refractivity contribution is 0.0599. The molecule has 2 aromatic rings. The fourth-order valence-electron chi connectivity index (χ4n) is 1.76. The molecule has 0 saturated carbocycles. The van der Waals surface area contributed by atoms with Gasteiger partial charge in [0.15, 0.2) is 5.82 Å².